The van der Waals surface area contributed by atoms with E-state index in [0.29, 0.717) is 6.42 Å². The molecule has 2 nitrogen and oxygen atoms in total. The maximum Gasteiger partial charge on any atom is 0.305 e. The molecule has 2 heteroatoms. The number of ether oxygens (including phenoxy) is 1. The molecule has 0 aromatic heterocycles. The van der Waals surface area contributed by atoms with Gasteiger partial charge in [-0.2, -0.15) is 0 Å². The Morgan fingerprint density at radius 3 is 1.77 bits per heavy atom. The van der Waals surface area contributed by atoms with Crippen molar-refractivity contribution in [1.82, 2.24) is 0 Å². The number of unbranched alkanes of at least 4 members (excludes halogenated alkanes) is 2. The summed E-state index contributed by atoms with van der Waals surface area (Å²) in [5.41, 5.74) is 2.74. The minimum absolute atomic E-state index is 0.0940. The van der Waals surface area contributed by atoms with E-state index in [1.54, 1.807) is 0 Å². The van der Waals surface area contributed by atoms with E-state index in [-0.39, 0.29) is 5.97 Å². The highest BCUT2D eigenvalue weighted by molar-refractivity contribution is 5.68. The summed E-state index contributed by atoms with van der Waals surface area (Å²) >= 11 is 0. The fourth-order valence-electron chi connectivity index (χ4n) is 2.05. The van der Waals surface area contributed by atoms with Crippen LogP contribution in [0.4, 0.5) is 0 Å². The van der Waals surface area contributed by atoms with E-state index in [2.05, 4.69) is 72.3 Å². The van der Waals surface area contributed by atoms with Gasteiger partial charge in [0.15, 0.2) is 0 Å². The van der Waals surface area contributed by atoms with Gasteiger partial charge in [-0.1, -0.05) is 80.4 Å². The standard InChI is InChI=1S/C13H12.C7H14O2/c1-3-7-12(8-4-1)11-13-9-5-2-6-10-13;1-3-4-5-6-7(8)9-2/h1-10H,11H2;3-6H2,1-2H3. The fourth-order valence-corrected chi connectivity index (χ4v) is 2.05. The summed E-state index contributed by atoms with van der Waals surface area (Å²) in [4.78, 5) is 10.5. The summed E-state index contributed by atoms with van der Waals surface area (Å²) in [5.74, 6) is -0.0940. The number of esters is 1. The molecular formula is C20H26O2. The Kier molecular flexibility index (Phi) is 9.43. The molecule has 22 heavy (non-hydrogen) atoms. The fraction of sp³-hybridized carbons (Fsp3) is 0.350. The molecule has 0 saturated heterocycles. The van der Waals surface area contributed by atoms with Crippen LogP contribution in [0.2, 0.25) is 0 Å². The van der Waals surface area contributed by atoms with E-state index in [1.807, 2.05) is 0 Å². The van der Waals surface area contributed by atoms with Gasteiger partial charge in [-0.15, -0.1) is 0 Å². The van der Waals surface area contributed by atoms with E-state index in [4.69, 9.17) is 0 Å². The second-order valence-electron chi connectivity index (χ2n) is 5.18. The molecule has 2 aromatic carbocycles. The van der Waals surface area contributed by atoms with Gasteiger partial charge in [-0.05, 0) is 24.0 Å². The quantitative estimate of drug-likeness (QED) is 0.553. The molecule has 0 bridgehead atoms. The van der Waals surface area contributed by atoms with Crippen LogP contribution in [0.25, 0.3) is 0 Å². The summed E-state index contributed by atoms with van der Waals surface area (Å²) in [7, 11) is 1.42. The normalized spacial score (nSPS) is 9.55. The topological polar surface area (TPSA) is 26.3 Å². The van der Waals surface area contributed by atoms with Crippen LogP contribution in [0.5, 0.6) is 0 Å². The maximum atomic E-state index is 10.5. The Labute approximate surface area is 134 Å². The Morgan fingerprint density at radius 1 is 0.864 bits per heavy atom. The Bertz CT molecular complexity index is 468. The molecule has 0 radical (unpaired) electrons. The lowest BCUT2D eigenvalue weighted by atomic mass is 10.1. The minimum atomic E-state index is -0.0940. The highest BCUT2D eigenvalue weighted by Gasteiger charge is 1.96. The van der Waals surface area contributed by atoms with Gasteiger partial charge < -0.3 is 4.74 Å². The predicted molar refractivity (Wildman–Crippen MR) is 91.8 cm³/mol. The molecule has 2 aromatic rings. The van der Waals surface area contributed by atoms with Crippen LogP contribution in [-0.4, -0.2) is 13.1 Å². The zero-order valence-corrected chi connectivity index (χ0v) is 13.6. The smallest absolute Gasteiger partial charge is 0.305 e. The van der Waals surface area contributed by atoms with Gasteiger partial charge in [0, 0.05) is 6.42 Å². The molecule has 0 unspecified atom stereocenters. The second kappa shape index (κ2) is 11.6. The number of rotatable bonds is 6. The van der Waals surface area contributed by atoms with Gasteiger partial charge in [0.05, 0.1) is 7.11 Å². The van der Waals surface area contributed by atoms with Crippen molar-refractivity contribution in [2.75, 3.05) is 7.11 Å². The molecule has 0 atom stereocenters. The van der Waals surface area contributed by atoms with Crippen LogP contribution in [0.1, 0.15) is 43.7 Å². The molecule has 0 heterocycles. The van der Waals surface area contributed by atoms with E-state index in [9.17, 15) is 4.79 Å². The molecule has 0 N–H and O–H groups in total. The third kappa shape index (κ3) is 8.25. The van der Waals surface area contributed by atoms with Crippen LogP contribution in [0.3, 0.4) is 0 Å². The summed E-state index contributed by atoms with van der Waals surface area (Å²) in [6, 6.07) is 21.1. The number of hydrogen-bond acceptors (Lipinski definition) is 2. The van der Waals surface area contributed by atoms with Crippen LogP contribution in [0.15, 0.2) is 60.7 Å². The predicted octanol–water partition coefficient (Wildman–Crippen LogP) is 5.02. The van der Waals surface area contributed by atoms with E-state index in [0.717, 1.165) is 25.7 Å². The minimum Gasteiger partial charge on any atom is -0.469 e. The number of hydrogen-bond donors (Lipinski definition) is 0. The number of carbonyl (C=O) groups excluding carboxylic acids is 1. The first kappa shape index (κ1) is 18.0. The molecule has 2 rings (SSSR count). The highest BCUT2D eigenvalue weighted by atomic mass is 16.5. The van der Waals surface area contributed by atoms with Gasteiger partial charge >= 0.3 is 5.97 Å². The average Bonchev–Trinajstić information content (AvgIpc) is 2.57. The summed E-state index contributed by atoms with van der Waals surface area (Å²) in [6.07, 6.45) is 4.83. The van der Waals surface area contributed by atoms with Crippen LogP contribution in [-0.2, 0) is 16.0 Å². The summed E-state index contributed by atoms with van der Waals surface area (Å²) < 4.78 is 4.46. The van der Waals surface area contributed by atoms with E-state index >= 15 is 0 Å². The second-order valence-corrected chi connectivity index (χ2v) is 5.18. The molecule has 0 saturated carbocycles. The van der Waals surface area contributed by atoms with Crippen LogP contribution < -0.4 is 0 Å². The van der Waals surface area contributed by atoms with Crippen molar-refractivity contribution in [3.05, 3.63) is 71.8 Å². The lowest BCUT2D eigenvalue weighted by molar-refractivity contribution is -0.140. The third-order valence-corrected chi connectivity index (χ3v) is 3.31. The van der Waals surface area contributed by atoms with Crippen molar-refractivity contribution in [3.8, 4) is 0 Å². The number of benzene rings is 2. The van der Waals surface area contributed by atoms with Crippen molar-refractivity contribution < 1.29 is 9.53 Å². The molecule has 0 fully saturated rings. The molecule has 0 amide bonds. The van der Waals surface area contributed by atoms with Gasteiger partial charge in [0.1, 0.15) is 0 Å². The maximum absolute atomic E-state index is 10.5. The van der Waals surface area contributed by atoms with Gasteiger partial charge in [-0.25, -0.2) is 0 Å². The van der Waals surface area contributed by atoms with Crippen molar-refractivity contribution in [2.24, 2.45) is 0 Å². The zero-order valence-electron chi connectivity index (χ0n) is 13.6. The lowest BCUT2D eigenvalue weighted by Crippen LogP contribution is -1.98. The number of methoxy groups -OCH3 is 1. The Hall–Kier alpha value is -2.09. The molecule has 0 aliphatic carbocycles. The van der Waals surface area contributed by atoms with Gasteiger partial charge in [0.2, 0.25) is 0 Å². The molecule has 0 aliphatic rings. The third-order valence-electron chi connectivity index (χ3n) is 3.31. The Balaban J connectivity index is 0.000000239. The Morgan fingerprint density at radius 2 is 1.36 bits per heavy atom. The van der Waals surface area contributed by atoms with Crippen LogP contribution in [0, 0.1) is 0 Å². The van der Waals surface area contributed by atoms with Crippen molar-refractivity contribution >= 4 is 5.97 Å². The largest absolute Gasteiger partial charge is 0.469 e. The van der Waals surface area contributed by atoms with E-state index in [1.165, 1.54) is 18.2 Å². The monoisotopic (exact) mass is 298 g/mol. The van der Waals surface area contributed by atoms with Crippen molar-refractivity contribution in [1.29, 1.82) is 0 Å². The highest BCUT2D eigenvalue weighted by Crippen LogP contribution is 2.07. The molecule has 0 spiro atoms. The zero-order chi connectivity index (χ0) is 16.0. The van der Waals surface area contributed by atoms with Crippen molar-refractivity contribution in [3.63, 3.8) is 0 Å². The molecular weight excluding hydrogens is 272 g/mol. The van der Waals surface area contributed by atoms with Crippen molar-refractivity contribution in [2.45, 2.75) is 39.0 Å². The molecule has 0 aliphatic heterocycles. The SMILES string of the molecule is CCCCCC(=O)OC.c1ccc(Cc2ccccc2)cc1. The summed E-state index contributed by atoms with van der Waals surface area (Å²) in [6.45, 7) is 2.11. The molecule has 118 valence electrons. The summed E-state index contributed by atoms with van der Waals surface area (Å²) in [5, 5.41) is 0. The lowest BCUT2D eigenvalue weighted by Gasteiger charge is -2.00. The van der Waals surface area contributed by atoms with Gasteiger partial charge in [0.25, 0.3) is 0 Å². The number of carbonyl (C=O) groups is 1. The first-order valence-corrected chi connectivity index (χ1v) is 7.91. The first-order valence-electron chi connectivity index (χ1n) is 7.91. The first-order chi connectivity index (χ1) is 10.8. The van der Waals surface area contributed by atoms with Crippen LogP contribution >= 0.6 is 0 Å². The van der Waals surface area contributed by atoms with E-state index < -0.39 is 0 Å². The average molecular weight is 298 g/mol. The van der Waals surface area contributed by atoms with Gasteiger partial charge in [-0.3, -0.25) is 4.79 Å².